The summed E-state index contributed by atoms with van der Waals surface area (Å²) in [6.45, 7) is 6.89. The second-order valence-electron chi connectivity index (χ2n) is 4.97. The van der Waals surface area contributed by atoms with E-state index < -0.39 is 16.3 Å². The van der Waals surface area contributed by atoms with Crippen LogP contribution >= 0.6 is 0 Å². The molecule has 5 nitrogen and oxygen atoms in total. The molecule has 0 aromatic heterocycles. The predicted molar refractivity (Wildman–Crippen MR) is 63.1 cm³/mol. The van der Waals surface area contributed by atoms with Gasteiger partial charge in [-0.3, -0.25) is 0 Å². The molecule has 0 radical (unpaired) electrons. The maximum Gasteiger partial charge on any atom is 0.279 e. The van der Waals surface area contributed by atoms with Crippen molar-refractivity contribution in [3.05, 3.63) is 0 Å². The van der Waals surface area contributed by atoms with Gasteiger partial charge in [-0.1, -0.05) is 13.8 Å². The van der Waals surface area contributed by atoms with Gasteiger partial charge in [0.05, 0.1) is 6.10 Å². The number of piperidine rings is 1. The Balaban J connectivity index is 2.60. The summed E-state index contributed by atoms with van der Waals surface area (Å²) in [6.07, 6.45) is 0.414. The lowest BCUT2D eigenvalue weighted by Crippen LogP contribution is -2.49. The molecule has 0 bridgehead atoms. The van der Waals surface area contributed by atoms with Gasteiger partial charge in [0.25, 0.3) is 10.2 Å². The van der Waals surface area contributed by atoms with Crippen molar-refractivity contribution in [2.45, 2.75) is 33.3 Å². The van der Waals surface area contributed by atoms with Crippen LogP contribution in [0.1, 0.15) is 27.2 Å². The molecule has 1 heterocycles. The van der Waals surface area contributed by atoms with Crippen LogP contribution in [0.3, 0.4) is 0 Å². The highest BCUT2D eigenvalue weighted by Crippen LogP contribution is 2.22. The Morgan fingerprint density at radius 1 is 1.38 bits per heavy atom. The molecular weight excluding hydrogens is 228 g/mol. The smallest absolute Gasteiger partial charge is 0.279 e. The number of aliphatic hydroxyl groups excluding tert-OH is 1. The minimum atomic E-state index is -3.42. The fourth-order valence-corrected chi connectivity index (χ4v) is 3.66. The summed E-state index contributed by atoms with van der Waals surface area (Å²) in [7, 11) is -3.42. The van der Waals surface area contributed by atoms with Crippen LogP contribution in [-0.2, 0) is 10.2 Å². The maximum atomic E-state index is 11.9. The van der Waals surface area contributed by atoms with E-state index in [4.69, 9.17) is 5.11 Å². The van der Waals surface area contributed by atoms with Crippen molar-refractivity contribution in [2.24, 2.45) is 11.8 Å². The van der Waals surface area contributed by atoms with Gasteiger partial charge in [0.2, 0.25) is 0 Å². The molecule has 0 aromatic carbocycles. The summed E-state index contributed by atoms with van der Waals surface area (Å²) >= 11 is 0. The minimum Gasteiger partial charge on any atom is -0.392 e. The van der Waals surface area contributed by atoms with Crippen LogP contribution in [0.15, 0.2) is 0 Å². The van der Waals surface area contributed by atoms with Crippen LogP contribution in [-0.4, -0.2) is 43.6 Å². The van der Waals surface area contributed by atoms with Gasteiger partial charge in [-0.15, -0.1) is 0 Å². The maximum absolute atomic E-state index is 11.9. The van der Waals surface area contributed by atoms with Crippen molar-refractivity contribution in [1.82, 2.24) is 9.03 Å². The van der Waals surface area contributed by atoms with Crippen LogP contribution in [0.4, 0.5) is 0 Å². The average molecular weight is 250 g/mol. The molecule has 0 aliphatic carbocycles. The number of nitrogens with zero attached hydrogens (tertiary/aromatic N) is 1. The van der Waals surface area contributed by atoms with Crippen molar-refractivity contribution < 1.29 is 13.5 Å². The average Bonchev–Trinajstić information content (AvgIpc) is 2.13. The van der Waals surface area contributed by atoms with E-state index in [0.717, 1.165) is 6.42 Å². The number of hydrogen-bond donors (Lipinski definition) is 2. The zero-order valence-corrected chi connectivity index (χ0v) is 11.0. The highest BCUT2D eigenvalue weighted by atomic mass is 32.2. The van der Waals surface area contributed by atoms with Crippen molar-refractivity contribution in [3.63, 3.8) is 0 Å². The van der Waals surface area contributed by atoms with Gasteiger partial charge in [-0.2, -0.15) is 17.4 Å². The lowest BCUT2D eigenvalue weighted by atomic mass is 9.94. The first-order valence-corrected chi connectivity index (χ1v) is 7.18. The Morgan fingerprint density at radius 3 is 2.31 bits per heavy atom. The fourth-order valence-electron chi connectivity index (χ4n) is 2.12. The largest absolute Gasteiger partial charge is 0.392 e. The number of hydrogen-bond acceptors (Lipinski definition) is 3. The second-order valence-corrected chi connectivity index (χ2v) is 6.72. The van der Waals surface area contributed by atoms with Crippen LogP contribution in [0.5, 0.6) is 0 Å². The van der Waals surface area contributed by atoms with E-state index >= 15 is 0 Å². The van der Waals surface area contributed by atoms with Crippen molar-refractivity contribution in [3.8, 4) is 0 Å². The highest BCUT2D eigenvalue weighted by molar-refractivity contribution is 7.87. The fraction of sp³-hybridized carbons (Fsp3) is 1.00. The zero-order chi connectivity index (χ0) is 12.3. The molecule has 0 saturated carbocycles. The third-order valence-corrected chi connectivity index (χ3v) is 4.25. The molecule has 1 aliphatic heterocycles. The Kier molecular flexibility index (Phi) is 4.73. The molecule has 3 atom stereocenters. The summed E-state index contributed by atoms with van der Waals surface area (Å²) < 4.78 is 27.7. The Hall–Kier alpha value is -0.170. The van der Waals surface area contributed by atoms with Gasteiger partial charge in [0.1, 0.15) is 0 Å². The number of nitrogens with one attached hydrogen (secondary N) is 1. The van der Waals surface area contributed by atoms with E-state index in [9.17, 15) is 8.42 Å². The summed E-state index contributed by atoms with van der Waals surface area (Å²) in [5, 5.41) is 9.07. The Labute approximate surface area is 98.0 Å². The van der Waals surface area contributed by atoms with Crippen LogP contribution in [0.2, 0.25) is 0 Å². The number of aliphatic hydroxyl groups is 1. The molecule has 1 saturated heterocycles. The highest BCUT2D eigenvalue weighted by Gasteiger charge is 2.30. The topological polar surface area (TPSA) is 69.6 Å². The lowest BCUT2D eigenvalue weighted by molar-refractivity contribution is 0.193. The van der Waals surface area contributed by atoms with Gasteiger partial charge < -0.3 is 5.11 Å². The van der Waals surface area contributed by atoms with E-state index in [1.165, 1.54) is 4.31 Å². The quantitative estimate of drug-likeness (QED) is 0.748. The molecule has 0 amide bonds. The molecule has 1 rings (SSSR count). The van der Waals surface area contributed by atoms with Gasteiger partial charge in [0, 0.05) is 19.6 Å². The number of rotatable bonds is 4. The van der Waals surface area contributed by atoms with Gasteiger partial charge in [-0.25, -0.2) is 0 Å². The van der Waals surface area contributed by atoms with Crippen LogP contribution in [0.25, 0.3) is 0 Å². The Bertz CT molecular complexity index is 306. The van der Waals surface area contributed by atoms with E-state index in [1.54, 1.807) is 6.92 Å². The lowest BCUT2D eigenvalue weighted by Gasteiger charge is -2.34. The summed E-state index contributed by atoms with van der Waals surface area (Å²) in [6, 6.07) is 0. The minimum absolute atomic E-state index is 0.0710. The van der Waals surface area contributed by atoms with Gasteiger partial charge in [0.15, 0.2) is 0 Å². The van der Waals surface area contributed by atoms with E-state index in [0.29, 0.717) is 24.9 Å². The Morgan fingerprint density at radius 2 is 1.88 bits per heavy atom. The van der Waals surface area contributed by atoms with Crippen LogP contribution in [0, 0.1) is 11.8 Å². The summed E-state index contributed by atoms with van der Waals surface area (Å²) in [5.41, 5.74) is 0. The molecule has 0 aromatic rings. The predicted octanol–water partition coefficient (Wildman–Crippen LogP) is 0.179. The normalized spacial score (nSPS) is 30.2. The standard InChI is InChI=1S/C10H22N2O3S/c1-8-4-9(2)7-12(6-8)16(14,15)11-5-10(3)13/h8-11,13H,4-7H2,1-3H3/t8?,9?,10-/m0/s1. The van der Waals surface area contributed by atoms with Crippen molar-refractivity contribution >= 4 is 10.2 Å². The molecule has 1 aliphatic rings. The molecule has 96 valence electrons. The molecule has 16 heavy (non-hydrogen) atoms. The molecular formula is C10H22N2O3S. The van der Waals surface area contributed by atoms with Gasteiger partial charge in [-0.05, 0) is 25.2 Å². The molecule has 0 spiro atoms. The SMILES string of the molecule is CC1CC(C)CN(S(=O)(=O)NC[C@H](C)O)C1. The first kappa shape index (κ1) is 13.9. The molecule has 6 heteroatoms. The third kappa shape index (κ3) is 4.01. The molecule has 2 unspecified atom stereocenters. The molecule has 1 fully saturated rings. The second kappa shape index (κ2) is 5.44. The summed E-state index contributed by atoms with van der Waals surface area (Å²) in [4.78, 5) is 0. The third-order valence-electron chi connectivity index (χ3n) is 2.74. The van der Waals surface area contributed by atoms with Crippen LogP contribution < -0.4 is 4.72 Å². The van der Waals surface area contributed by atoms with E-state index in [1.807, 2.05) is 0 Å². The van der Waals surface area contributed by atoms with E-state index in [2.05, 4.69) is 18.6 Å². The first-order valence-electron chi connectivity index (χ1n) is 5.74. The van der Waals surface area contributed by atoms with Crippen molar-refractivity contribution in [2.75, 3.05) is 19.6 Å². The zero-order valence-electron chi connectivity index (χ0n) is 10.2. The molecule has 2 N–H and O–H groups in total. The summed E-state index contributed by atoms with van der Waals surface area (Å²) in [5.74, 6) is 0.791. The monoisotopic (exact) mass is 250 g/mol. The first-order chi connectivity index (χ1) is 7.31. The van der Waals surface area contributed by atoms with Gasteiger partial charge >= 0.3 is 0 Å². The van der Waals surface area contributed by atoms with E-state index in [-0.39, 0.29) is 6.54 Å². The van der Waals surface area contributed by atoms with Crippen molar-refractivity contribution in [1.29, 1.82) is 0 Å².